The van der Waals surface area contributed by atoms with Crippen molar-refractivity contribution in [1.29, 1.82) is 0 Å². The highest BCUT2D eigenvalue weighted by Gasteiger charge is 2.55. The van der Waals surface area contributed by atoms with Gasteiger partial charge in [0.15, 0.2) is 18.3 Å². The summed E-state index contributed by atoms with van der Waals surface area (Å²) in [6, 6.07) is 0. The van der Waals surface area contributed by atoms with Gasteiger partial charge in [-0.25, -0.2) is 0 Å². The zero-order chi connectivity index (χ0) is 31.7. The molecular formula is C26H39NO14. The van der Waals surface area contributed by atoms with Crippen molar-refractivity contribution < 1.29 is 62.5 Å². The average molecular weight is 590 g/mol. The second-order valence-corrected chi connectivity index (χ2v) is 10.5. The van der Waals surface area contributed by atoms with E-state index in [4.69, 9.17) is 23.7 Å². The van der Waals surface area contributed by atoms with Gasteiger partial charge in [0.1, 0.15) is 18.5 Å². The molecule has 232 valence electrons. The maximum Gasteiger partial charge on any atom is 0.303 e. The molecular weight excluding hydrogens is 550 g/mol. The van der Waals surface area contributed by atoms with Crippen molar-refractivity contribution in [2.24, 2.45) is 5.92 Å². The molecule has 0 spiro atoms. The third kappa shape index (κ3) is 10.7. The summed E-state index contributed by atoms with van der Waals surface area (Å²) >= 11 is 0. The van der Waals surface area contributed by atoms with Gasteiger partial charge in [-0.3, -0.25) is 38.9 Å². The Morgan fingerprint density at radius 3 is 1.68 bits per heavy atom. The fourth-order valence-electron chi connectivity index (χ4n) is 5.04. The molecule has 0 heterocycles. The monoisotopic (exact) mass is 589 g/mol. The number of carbonyl (C=O) groups is 6. The van der Waals surface area contributed by atoms with Crippen molar-refractivity contribution in [2.45, 2.75) is 116 Å². The van der Waals surface area contributed by atoms with Crippen LogP contribution in [0.1, 0.15) is 80.6 Å². The molecule has 0 amide bonds. The minimum Gasteiger partial charge on any atom is -0.462 e. The molecule has 1 aliphatic rings. The van der Waals surface area contributed by atoms with E-state index >= 15 is 0 Å². The fraction of sp³-hybridized carbons (Fsp3) is 0.769. The maximum absolute atomic E-state index is 12.3. The van der Waals surface area contributed by atoms with Crippen LogP contribution in [0.4, 0.5) is 0 Å². The van der Waals surface area contributed by atoms with Gasteiger partial charge >= 0.3 is 29.8 Å². The van der Waals surface area contributed by atoms with Gasteiger partial charge < -0.3 is 28.8 Å². The lowest BCUT2D eigenvalue weighted by Gasteiger charge is -2.42. The molecule has 15 heteroatoms. The fourth-order valence-corrected chi connectivity index (χ4v) is 5.04. The van der Waals surface area contributed by atoms with Crippen molar-refractivity contribution in [2.75, 3.05) is 6.61 Å². The Kier molecular flexibility index (Phi) is 12.8. The van der Waals surface area contributed by atoms with Crippen LogP contribution in [0.25, 0.3) is 0 Å². The highest BCUT2D eigenvalue weighted by Crippen LogP contribution is 2.44. The minimum atomic E-state index is -1.72. The number of nitro groups is 1. The number of ketones is 1. The number of nitrogens with zero attached hydrogens (tertiary/aromatic N) is 1. The highest BCUT2D eigenvalue weighted by atomic mass is 16.6. The van der Waals surface area contributed by atoms with Crippen LogP contribution >= 0.6 is 0 Å². The molecule has 1 aliphatic carbocycles. The van der Waals surface area contributed by atoms with Gasteiger partial charge in [0.2, 0.25) is 5.54 Å². The van der Waals surface area contributed by atoms with Crippen LogP contribution < -0.4 is 0 Å². The van der Waals surface area contributed by atoms with E-state index < -0.39 is 88.6 Å². The van der Waals surface area contributed by atoms with E-state index in [1.807, 2.05) is 0 Å². The van der Waals surface area contributed by atoms with Gasteiger partial charge in [-0.15, -0.1) is 0 Å². The van der Waals surface area contributed by atoms with Crippen LogP contribution in [-0.2, 0) is 52.5 Å². The number of aliphatic hydroxyl groups is 1. The van der Waals surface area contributed by atoms with Crippen molar-refractivity contribution in [3.05, 3.63) is 10.1 Å². The number of esters is 5. The zero-order valence-electron chi connectivity index (χ0n) is 24.3. The molecule has 0 aromatic carbocycles. The van der Waals surface area contributed by atoms with Crippen molar-refractivity contribution >= 4 is 35.6 Å². The molecule has 0 radical (unpaired) electrons. The van der Waals surface area contributed by atoms with Crippen molar-refractivity contribution in [3.8, 4) is 0 Å². The predicted octanol–water partition coefficient (Wildman–Crippen LogP) is 1.21. The number of Topliss-reactive ketones (excluding diaryl/α,β-unsaturated/α-hetero) is 1. The Balaban J connectivity index is 3.57. The zero-order valence-corrected chi connectivity index (χ0v) is 24.3. The van der Waals surface area contributed by atoms with E-state index in [-0.39, 0.29) is 32.1 Å². The Bertz CT molecular complexity index is 1020. The molecule has 0 aromatic rings. The molecule has 7 atom stereocenters. The third-order valence-electron chi connectivity index (χ3n) is 6.95. The van der Waals surface area contributed by atoms with Gasteiger partial charge in [-0.05, 0) is 26.7 Å². The molecule has 0 aliphatic heterocycles. The Morgan fingerprint density at radius 1 is 0.805 bits per heavy atom. The lowest BCUT2D eigenvalue weighted by atomic mass is 9.65. The summed E-state index contributed by atoms with van der Waals surface area (Å²) in [5, 5.41) is 23.0. The lowest BCUT2D eigenvalue weighted by molar-refractivity contribution is -0.580. The Morgan fingerprint density at radius 2 is 1.27 bits per heavy atom. The normalized spacial score (nSPS) is 24.9. The third-order valence-corrected chi connectivity index (χ3v) is 6.95. The van der Waals surface area contributed by atoms with E-state index in [0.717, 1.165) is 34.6 Å². The first-order chi connectivity index (χ1) is 18.8. The average Bonchev–Trinajstić information content (AvgIpc) is 2.81. The number of hydrogen-bond acceptors (Lipinski definition) is 14. The van der Waals surface area contributed by atoms with Crippen LogP contribution in [0.3, 0.4) is 0 Å². The molecule has 41 heavy (non-hydrogen) atoms. The molecule has 1 fully saturated rings. The van der Waals surface area contributed by atoms with E-state index in [2.05, 4.69) is 0 Å². The van der Waals surface area contributed by atoms with Crippen LogP contribution in [-0.4, -0.2) is 87.8 Å². The summed E-state index contributed by atoms with van der Waals surface area (Å²) in [6.07, 6.45) is -7.46. The largest absolute Gasteiger partial charge is 0.462 e. The predicted molar refractivity (Wildman–Crippen MR) is 136 cm³/mol. The summed E-state index contributed by atoms with van der Waals surface area (Å²) in [4.78, 5) is 83.7. The van der Waals surface area contributed by atoms with Crippen molar-refractivity contribution in [3.63, 3.8) is 0 Å². The van der Waals surface area contributed by atoms with E-state index in [0.29, 0.717) is 0 Å². The standard InChI is InChI=1S/C26H39NO14/c1-14(28)20-12-26(27(35)36,11-10-25(20,7)34)9-8-21(38-16(3)30)23(40-18(5)32)24(41-19(6)33)22(39-17(4)31)13-37-15(2)29/h20-24,34H,8-13H2,1-7H3/t20-,21+,22+,23+,24+,25-,26-/m0/s1. The van der Waals surface area contributed by atoms with Gasteiger partial charge in [-0.2, -0.15) is 0 Å². The van der Waals surface area contributed by atoms with Crippen LogP contribution in [0.2, 0.25) is 0 Å². The van der Waals surface area contributed by atoms with E-state index in [1.54, 1.807) is 0 Å². The molecule has 0 saturated heterocycles. The SMILES string of the molecule is CC(=O)OC[C@@H](OC(C)=O)[C@@H](OC(C)=O)[C@H](OC(C)=O)[C@@H](CC[C@]1([N+](=O)[O-])CC[C@](C)(O)[C@H](C(C)=O)C1)OC(C)=O. The number of carbonyl (C=O) groups excluding carboxylic acids is 6. The minimum absolute atomic E-state index is 0.0587. The smallest absolute Gasteiger partial charge is 0.303 e. The topological polar surface area (TPSA) is 212 Å². The maximum atomic E-state index is 12.3. The first-order valence-electron chi connectivity index (χ1n) is 13.0. The van der Waals surface area contributed by atoms with Gasteiger partial charge in [-0.1, -0.05) is 0 Å². The summed E-state index contributed by atoms with van der Waals surface area (Å²) in [5.41, 5.74) is -3.18. The molecule has 1 N–H and O–H groups in total. The molecule has 0 unspecified atom stereocenters. The molecule has 1 saturated carbocycles. The summed E-state index contributed by atoms with van der Waals surface area (Å²) in [6.45, 7) is 7.18. The molecule has 15 nitrogen and oxygen atoms in total. The Labute approximate surface area is 237 Å². The number of ether oxygens (including phenoxy) is 5. The highest BCUT2D eigenvalue weighted by molar-refractivity contribution is 5.79. The summed E-state index contributed by atoms with van der Waals surface area (Å²) < 4.78 is 26.2. The van der Waals surface area contributed by atoms with Gasteiger partial charge in [0.05, 0.1) is 11.5 Å². The van der Waals surface area contributed by atoms with Crippen LogP contribution in [0, 0.1) is 16.0 Å². The molecule has 0 aromatic heterocycles. The van der Waals surface area contributed by atoms with E-state index in [1.165, 1.54) is 13.8 Å². The Hall–Kier alpha value is -3.62. The second-order valence-electron chi connectivity index (χ2n) is 10.5. The summed E-state index contributed by atoms with van der Waals surface area (Å²) in [5.74, 6) is -5.83. The van der Waals surface area contributed by atoms with Crippen molar-refractivity contribution in [1.82, 2.24) is 0 Å². The number of hydrogen-bond donors (Lipinski definition) is 1. The van der Waals surface area contributed by atoms with Gasteiger partial charge in [0, 0.05) is 58.8 Å². The van der Waals surface area contributed by atoms with Gasteiger partial charge in [0.25, 0.3) is 0 Å². The van der Waals surface area contributed by atoms with E-state index in [9.17, 15) is 44.0 Å². The lowest BCUT2D eigenvalue weighted by Crippen LogP contribution is -2.55. The number of rotatable bonds is 14. The first kappa shape index (κ1) is 35.4. The molecule has 0 bridgehead atoms. The quantitative estimate of drug-likeness (QED) is 0.131. The second kappa shape index (κ2) is 14.8. The summed E-state index contributed by atoms with van der Waals surface area (Å²) in [7, 11) is 0. The molecule has 1 rings (SSSR count). The van der Waals surface area contributed by atoms with Crippen LogP contribution in [0.5, 0.6) is 0 Å². The first-order valence-corrected chi connectivity index (χ1v) is 13.0. The van der Waals surface area contributed by atoms with Crippen LogP contribution in [0.15, 0.2) is 0 Å².